The molecule has 0 spiro atoms. The maximum absolute atomic E-state index is 12.9. The molecule has 3 aromatic rings. The zero-order chi connectivity index (χ0) is 15.9. The molecule has 0 bridgehead atoms. The average molecular weight is 321 g/mol. The van der Waals surface area contributed by atoms with E-state index in [9.17, 15) is 9.18 Å². The lowest BCUT2D eigenvalue weighted by Gasteiger charge is -2.04. The second-order valence-corrected chi connectivity index (χ2v) is 5.08. The van der Waals surface area contributed by atoms with Crippen molar-refractivity contribution in [1.29, 1.82) is 0 Å². The Morgan fingerprint density at radius 2 is 2.14 bits per heavy atom. The number of carboxylic acid groups (broad SMARTS) is 1. The molecule has 0 aliphatic heterocycles. The largest absolute Gasteiger partial charge is 0.478 e. The Morgan fingerprint density at radius 3 is 2.77 bits per heavy atom. The summed E-state index contributed by atoms with van der Waals surface area (Å²) < 4.78 is 14.4. The molecule has 0 unspecified atom stereocenters. The third kappa shape index (κ3) is 2.39. The molecule has 0 saturated carbocycles. The van der Waals surface area contributed by atoms with Crippen molar-refractivity contribution in [3.05, 3.63) is 52.3 Å². The lowest BCUT2D eigenvalue weighted by Crippen LogP contribution is -2.05. The van der Waals surface area contributed by atoms with E-state index >= 15 is 0 Å². The number of hydrogen-bond donors (Lipinski definition) is 1. The van der Waals surface area contributed by atoms with Crippen LogP contribution in [0.5, 0.6) is 0 Å². The standard InChI is InChI=1S/C14H10ClFN4O2/c1-7-11-12(15)10(14(21)22)5-18-13(11)20(19-7)6-9-3-2-8(16)4-17-9/h2-5H,6H2,1H3,(H,21,22). The molecule has 0 amide bonds. The summed E-state index contributed by atoms with van der Waals surface area (Å²) in [4.78, 5) is 19.2. The smallest absolute Gasteiger partial charge is 0.338 e. The number of hydrogen-bond acceptors (Lipinski definition) is 4. The van der Waals surface area contributed by atoms with Gasteiger partial charge in [0, 0.05) is 6.20 Å². The maximum Gasteiger partial charge on any atom is 0.338 e. The Kier molecular flexibility index (Phi) is 3.50. The number of carbonyl (C=O) groups is 1. The molecule has 0 saturated heterocycles. The Bertz CT molecular complexity index is 877. The number of rotatable bonds is 3. The van der Waals surface area contributed by atoms with Crippen LogP contribution in [0.15, 0.2) is 24.5 Å². The van der Waals surface area contributed by atoms with Gasteiger partial charge in [0.25, 0.3) is 0 Å². The van der Waals surface area contributed by atoms with Crippen molar-refractivity contribution < 1.29 is 14.3 Å². The number of carboxylic acids is 1. The third-order valence-corrected chi connectivity index (χ3v) is 3.60. The summed E-state index contributed by atoms with van der Waals surface area (Å²) in [6, 6.07) is 2.86. The van der Waals surface area contributed by atoms with E-state index in [-0.39, 0.29) is 17.1 Å². The summed E-state index contributed by atoms with van der Waals surface area (Å²) in [7, 11) is 0. The van der Waals surface area contributed by atoms with Gasteiger partial charge in [0.15, 0.2) is 5.65 Å². The molecule has 22 heavy (non-hydrogen) atoms. The minimum absolute atomic E-state index is 0.0725. The molecule has 112 valence electrons. The summed E-state index contributed by atoms with van der Waals surface area (Å²) in [6.07, 6.45) is 2.32. The number of aryl methyl sites for hydroxylation is 1. The monoisotopic (exact) mass is 320 g/mol. The highest BCUT2D eigenvalue weighted by molar-refractivity contribution is 6.38. The second-order valence-electron chi connectivity index (χ2n) is 4.70. The van der Waals surface area contributed by atoms with Gasteiger partial charge in [-0.1, -0.05) is 11.6 Å². The Morgan fingerprint density at radius 1 is 1.36 bits per heavy atom. The van der Waals surface area contributed by atoms with Gasteiger partial charge in [0.05, 0.1) is 40.1 Å². The predicted molar refractivity (Wildman–Crippen MR) is 77.5 cm³/mol. The first-order valence-corrected chi connectivity index (χ1v) is 6.70. The highest BCUT2D eigenvalue weighted by Crippen LogP contribution is 2.28. The summed E-state index contributed by atoms with van der Waals surface area (Å²) in [6.45, 7) is 2.00. The number of aromatic nitrogens is 4. The topological polar surface area (TPSA) is 80.9 Å². The molecule has 0 fully saturated rings. The van der Waals surface area contributed by atoms with Crippen molar-refractivity contribution in [3.63, 3.8) is 0 Å². The van der Waals surface area contributed by atoms with Crippen LogP contribution >= 0.6 is 11.6 Å². The lowest BCUT2D eigenvalue weighted by atomic mass is 10.2. The fourth-order valence-corrected chi connectivity index (χ4v) is 2.54. The Labute approximate surface area is 129 Å². The molecule has 0 aliphatic carbocycles. The van der Waals surface area contributed by atoms with Crippen LogP contribution in [-0.2, 0) is 6.54 Å². The number of nitrogens with zero attached hydrogens (tertiary/aromatic N) is 4. The molecular formula is C14H10ClFN4O2. The first-order chi connectivity index (χ1) is 10.5. The summed E-state index contributed by atoms with van der Waals surface area (Å²) in [5.41, 5.74) is 1.55. The summed E-state index contributed by atoms with van der Waals surface area (Å²) in [5, 5.41) is 14.0. The van der Waals surface area contributed by atoms with E-state index in [4.69, 9.17) is 16.7 Å². The molecule has 0 aliphatic rings. The van der Waals surface area contributed by atoms with Crippen molar-refractivity contribution in [3.8, 4) is 0 Å². The molecule has 1 N–H and O–H groups in total. The predicted octanol–water partition coefficient (Wildman–Crippen LogP) is 2.67. The van der Waals surface area contributed by atoms with Crippen LogP contribution in [-0.4, -0.2) is 30.8 Å². The summed E-state index contributed by atoms with van der Waals surface area (Å²) >= 11 is 6.14. The van der Waals surface area contributed by atoms with Gasteiger partial charge in [0.2, 0.25) is 0 Å². The van der Waals surface area contributed by atoms with Gasteiger partial charge in [-0.05, 0) is 19.1 Å². The number of fused-ring (bicyclic) bond motifs is 1. The van der Waals surface area contributed by atoms with Crippen molar-refractivity contribution in [1.82, 2.24) is 19.7 Å². The fourth-order valence-electron chi connectivity index (χ4n) is 2.19. The summed E-state index contributed by atoms with van der Waals surface area (Å²) in [5.74, 6) is -1.57. The van der Waals surface area contributed by atoms with E-state index in [0.29, 0.717) is 22.4 Å². The van der Waals surface area contributed by atoms with Crippen LogP contribution in [0, 0.1) is 12.7 Å². The van der Waals surface area contributed by atoms with E-state index < -0.39 is 11.8 Å². The molecule has 6 nitrogen and oxygen atoms in total. The van der Waals surface area contributed by atoms with Crippen molar-refractivity contribution >= 4 is 28.6 Å². The zero-order valence-electron chi connectivity index (χ0n) is 11.4. The third-order valence-electron chi connectivity index (χ3n) is 3.20. The van der Waals surface area contributed by atoms with Gasteiger partial charge < -0.3 is 5.11 Å². The van der Waals surface area contributed by atoms with Crippen molar-refractivity contribution in [2.75, 3.05) is 0 Å². The van der Waals surface area contributed by atoms with Crippen LogP contribution in [0.2, 0.25) is 5.02 Å². The van der Waals surface area contributed by atoms with Gasteiger partial charge in [-0.2, -0.15) is 5.10 Å². The van der Waals surface area contributed by atoms with E-state index in [1.807, 2.05) is 0 Å². The van der Waals surface area contributed by atoms with Gasteiger partial charge >= 0.3 is 5.97 Å². The van der Waals surface area contributed by atoms with E-state index in [1.54, 1.807) is 17.7 Å². The van der Waals surface area contributed by atoms with E-state index in [2.05, 4.69) is 15.1 Å². The quantitative estimate of drug-likeness (QED) is 0.802. The minimum atomic E-state index is -1.15. The molecule has 0 atom stereocenters. The molecule has 8 heteroatoms. The van der Waals surface area contributed by atoms with Gasteiger partial charge in [0.1, 0.15) is 5.82 Å². The van der Waals surface area contributed by atoms with Crippen LogP contribution in [0.3, 0.4) is 0 Å². The maximum atomic E-state index is 12.9. The molecule has 0 radical (unpaired) electrons. The van der Waals surface area contributed by atoms with Gasteiger partial charge in [-0.15, -0.1) is 0 Å². The van der Waals surface area contributed by atoms with Crippen LogP contribution in [0.4, 0.5) is 4.39 Å². The first kappa shape index (κ1) is 14.4. The molecule has 0 aromatic carbocycles. The number of pyridine rings is 2. The van der Waals surface area contributed by atoms with E-state index in [0.717, 1.165) is 6.20 Å². The highest BCUT2D eigenvalue weighted by Gasteiger charge is 2.18. The van der Waals surface area contributed by atoms with Crippen LogP contribution in [0.1, 0.15) is 21.7 Å². The number of halogens is 2. The average Bonchev–Trinajstić information content (AvgIpc) is 2.78. The Hall–Kier alpha value is -2.54. The van der Waals surface area contributed by atoms with E-state index in [1.165, 1.54) is 12.3 Å². The molecule has 3 heterocycles. The molecule has 3 aromatic heterocycles. The SMILES string of the molecule is Cc1nn(Cc2ccc(F)cn2)c2ncc(C(=O)O)c(Cl)c12. The first-order valence-electron chi connectivity index (χ1n) is 6.32. The number of aromatic carboxylic acids is 1. The second kappa shape index (κ2) is 5.34. The van der Waals surface area contributed by atoms with Crippen molar-refractivity contribution in [2.24, 2.45) is 0 Å². The lowest BCUT2D eigenvalue weighted by molar-refractivity contribution is 0.0697. The van der Waals surface area contributed by atoms with Gasteiger partial charge in [-0.3, -0.25) is 4.98 Å². The zero-order valence-corrected chi connectivity index (χ0v) is 12.2. The minimum Gasteiger partial charge on any atom is -0.478 e. The molecule has 3 rings (SSSR count). The van der Waals surface area contributed by atoms with Crippen molar-refractivity contribution in [2.45, 2.75) is 13.5 Å². The molecular weight excluding hydrogens is 311 g/mol. The van der Waals surface area contributed by atoms with Crippen LogP contribution in [0.25, 0.3) is 11.0 Å². The van der Waals surface area contributed by atoms with Gasteiger partial charge in [-0.25, -0.2) is 18.9 Å². The van der Waals surface area contributed by atoms with Crippen LogP contribution < -0.4 is 0 Å². The normalized spacial score (nSPS) is 11.0. The Balaban J connectivity index is 2.10. The highest BCUT2D eigenvalue weighted by atomic mass is 35.5. The fraction of sp³-hybridized carbons (Fsp3) is 0.143.